The van der Waals surface area contributed by atoms with Gasteiger partial charge in [-0.25, -0.2) is 4.68 Å². The van der Waals surface area contributed by atoms with E-state index in [1.54, 1.807) is 19.2 Å². The number of hydrogen-bond acceptors (Lipinski definition) is 4. The fourth-order valence-electron chi connectivity index (χ4n) is 1.65. The third-order valence-corrected chi connectivity index (χ3v) is 3.26. The lowest BCUT2D eigenvalue weighted by Crippen LogP contribution is -2.15. The predicted octanol–water partition coefficient (Wildman–Crippen LogP) is 1.77. The van der Waals surface area contributed by atoms with Gasteiger partial charge in [0, 0.05) is 7.05 Å². The molecule has 2 rings (SSSR count). The average Bonchev–Trinajstić information content (AvgIpc) is 2.76. The standard InChI is InChI=1S/C11H11Cl2N5O/c1-15-11-9(10(14)19)16-17-18(11)5-6-2-3-7(12)8(13)4-6/h2-4,15H,5H2,1H3,(H2,14,19). The van der Waals surface area contributed by atoms with Crippen molar-refractivity contribution >= 4 is 34.9 Å². The Balaban J connectivity index is 2.33. The molecule has 1 amide bonds. The number of primary amides is 1. The molecule has 0 aliphatic carbocycles. The molecule has 3 N–H and O–H groups in total. The molecule has 0 unspecified atom stereocenters. The molecular weight excluding hydrogens is 289 g/mol. The Hall–Kier alpha value is -1.79. The van der Waals surface area contributed by atoms with Crippen molar-refractivity contribution in [3.05, 3.63) is 39.5 Å². The Kier molecular flexibility index (Phi) is 3.92. The van der Waals surface area contributed by atoms with Crippen molar-refractivity contribution in [1.29, 1.82) is 0 Å². The number of nitrogens with two attached hydrogens (primary N) is 1. The van der Waals surface area contributed by atoms with Crippen molar-refractivity contribution < 1.29 is 4.79 Å². The number of carbonyl (C=O) groups is 1. The van der Waals surface area contributed by atoms with Crippen LogP contribution in [-0.4, -0.2) is 27.9 Å². The van der Waals surface area contributed by atoms with Gasteiger partial charge in [-0.2, -0.15) is 0 Å². The van der Waals surface area contributed by atoms with Gasteiger partial charge in [-0.3, -0.25) is 4.79 Å². The van der Waals surface area contributed by atoms with Crippen LogP contribution in [0.2, 0.25) is 10.0 Å². The fraction of sp³-hybridized carbons (Fsp3) is 0.182. The first-order chi connectivity index (χ1) is 9.02. The highest BCUT2D eigenvalue weighted by Gasteiger charge is 2.16. The number of benzene rings is 1. The van der Waals surface area contributed by atoms with Crippen LogP contribution in [0.3, 0.4) is 0 Å². The minimum atomic E-state index is -0.635. The van der Waals surface area contributed by atoms with Gasteiger partial charge in [-0.15, -0.1) is 5.10 Å². The normalized spacial score (nSPS) is 10.5. The monoisotopic (exact) mass is 299 g/mol. The first kappa shape index (κ1) is 13.6. The number of amides is 1. The molecule has 0 atom stereocenters. The van der Waals surface area contributed by atoms with Crippen molar-refractivity contribution in [3.8, 4) is 0 Å². The number of nitrogens with zero attached hydrogens (tertiary/aromatic N) is 3. The zero-order chi connectivity index (χ0) is 14.0. The summed E-state index contributed by atoms with van der Waals surface area (Å²) in [4.78, 5) is 11.2. The van der Waals surface area contributed by atoms with Gasteiger partial charge < -0.3 is 11.1 Å². The average molecular weight is 300 g/mol. The van der Waals surface area contributed by atoms with Crippen molar-refractivity contribution in [2.75, 3.05) is 12.4 Å². The lowest BCUT2D eigenvalue weighted by atomic mass is 10.2. The van der Waals surface area contributed by atoms with Crippen LogP contribution in [0, 0.1) is 0 Å². The minimum Gasteiger partial charge on any atom is -0.371 e. The highest BCUT2D eigenvalue weighted by Crippen LogP contribution is 2.23. The lowest BCUT2D eigenvalue weighted by molar-refractivity contribution is 0.0996. The smallest absolute Gasteiger partial charge is 0.273 e. The third-order valence-electron chi connectivity index (χ3n) is 2.52. The van der Waals surface area contributed by atoms with Crippen molar-refractivity contribution in [2.45, 2.75) is 6.54 Å². The van der Waals surface area contributed by atoms with E-state index in [0.29, 0.717) is 22.4 Å². The van der Waals surface area contributed by atoms with Gasteiger partial charge in [0.1, 0.15) is 0 Å². The lowest BCUT2D eigenvalue weighted by Gasteiger charge is -2.07. The van der Waals surface area contributed by atoms with Gasteiger partial charge in [-0.1, -0.05) is 34.5 Å². The molecule has 8 heteroatoms. The maximum absolute atomic E-state index is 11.2. The molecule has 0 saturated heterocycles. The minimum absolute atomic E-state index is 0.0996. The number of aromatic nitrogens is 3. The van der Waals surface area contributed by atoms with Gasteiger partial charge in [0.2, 0.25) is 0 Å². The molecule has 1 aromatic carbocycles. The molecule has 0 saturated carbocycles. The first-order valence-electron chi connectivity index (χ1n) is 5.38. The Labute approximate surface area is 119 Å². The number of nitrogens with one attached hydrogen (secondary N) is 1. The van der Waals surface area contributed by atoms with Crippen LogP contribution in [0.25, 0.3) is 0 Å². The summed E-state index contributed by atoms with van der Waals surface area (Å²) in [6.45, 7) is 0.396. The predicted molar refractivity (Wildman–Crippen MR) is 73.7 cm³/mol. The van der Waals surface area contributed by atoms with Crippen LogP contribution in [0.4, 0.5) is 5.82 Å². The molecule has 0 aliphatic rings. The van der Waals surface area contributed by atoms with E-state index in [9.17, 15) is 4.79 Å². The second-order valence-electron chi connectivity index (χ2n) is 3.81. The van der Waals surface area contributed by atoms with Crippen LogP contribution in [0.5, 0.6) is 0 Å². The summed E-state index contributed by atoms with van der Waals surface area (Å²) >= 11 is 11.8. The molecule has 0 spiro atoms. The van der Waals surface area contributed by atoms with E-state index in [1.165, 1.54) is 4.68 Å². The highest BCUT2D eigenvalue weighted by molar-refractivity contribution is 6.42. The largest absolute Gasteiger partial charge is 0.371 e. The summed E-state index contributed by atoms with van der Waals surface area (Å²) in [6.07, 6.45) is 0. The summed E-state index contributed by atoms with van der Waals surface area (Å²) < 4.78 is 1.53. The first-order valence-corrected chi connectivity index (χ1v) is 6.13. The van der Waals surface area contributed by atoms with E-state index in [4.69, 9.17) is 28.9 Å². The van der Waals surface area contributed by atoms with E-state index in [-0.39, 0.29) is 5.69 Å². The van der Waals surface area contributed by atoms with Crippen LogP contribution < -0.4 is 11.1 Å². The Morgan fingerprint density at radius 2 is 2.16 bits per heavy atom. The topological polar surface area (TPSA) is 85.8 Å². The molecule has 100 valence electrons. The zero-order valence-electron chi connectivity index (χ0n) is 10.0. The molecular formula is C11H11Cl2N5O. The molecule has 0 bridgehead atoms. The zero-order valence-corrected chi connectivity index (χ0v) is 11.5. The Bertz CT molecular complexity index is 626. The summed E-state index contributed by atoms with van der Waals surface area (Å²) in [7, 11) is 1.66. The second kappa shape index (κ2) is 5.46. The van der Waals surface area contributed by atoms with E-state index in [1.807, 2.05) is 6.07 Å². The Morgan fingerprint density at radius 1 is 1.42 bits per heavy atom. The third kappa shape index (κ3) is 2.80. The molecule has 0 fully saturated rings. The number of carbonyl (C=O) groups excluding carboxylic acids is 1. The number of anilines is 1. The maximum Gasteiger partial charge on any atom is 0.273 e. The summed E-state index contributed by atoms with van der Waals surface area (Å²) in [5, 5.41) is 11.4. The molecule has 1 heterocycles. The number of halogens is 2. The van der Waals surface area contributed by atoms with Crippen LogP contribution in [0.1, 0.15) is 16.1 Å². The summed E-state index contributed by atoms with van der Waals surface area (Å²) in [6, 6.07) is 5.25. The highest BCUT2D eigenvalue weighted by atomic mass is 35.5. The summed E-state index contributed by atoms with van der Waals surface area (Å²) in [5.41, 5.74) is 6.19. The molecule has 6 nitrogen and oxygen atoms in total. The quantitative estimate of drug-likeness (QED) is 0.901. The number of hydrogen-bond donors (Lipinski definition) is 2. The van der Waals surface area contributed by atoms with E-state index >= 15 is 0 Å². The summed E-state index contributed by atoms with van der Waals surface area (Å²) in [5.74, 6) is -0.177. The molecule has 0 aliphatic heterocycles. The molecule has 1 aromatic heterocycles. The van der Waals surface area contributed by atoms with Crippen molar-refractivity contribution in [1.82, 2.24) is 15.0 Å². The van der Waals surface area contributed by atoms with Crippen LogP contribution >= 0.6 is 23.2 Å². The van der Waals surface area contributed by atoms with E-state index in [0.717, 1.165) is 5.56 Å². The Morgan fingerprint density at radius 3 is 2.74 bits per heavy atom. The van der Waals surface area contributed by atoms with Crippen molar-refractivity contribution in [3.63, 3.8) is 0 Å². The molecule has 19 heavy (non-hydrogen) atoms. The van der Waals surface area contributed by atoms with Crippen molar-refractivity contribution in [2.24, 2.45) is 5.73 Å². The van der Waals surface area contributed by atoms with Gasteiger partial charge in [0.05, 0.1) is 16.6 Å². The van der Waals surface area contributed by atoms with Crippen LogP contribution in [-0.2, 0) is 6.54 Å². The van der Waals surface area contributed by atoms with Crippen LogP contribution in [0.15, 0.2) is 18.2 Å². The van der Waals surface area contributed by atoms with Gasteiger partial charge in [-0.05, 0) is 17.7 Å². The SMILES string of the molecule is CNc1c(C(N)=O)nnn1Cc1ccc(Cl)c(Cl)c1. The number of rotatable bonds is 4. The van der Waals surface area contributed by atoms with E-state index in [2.05, 4.69) is 15.6 Å². The maximum atomic E-state index is 11.2. The molecule has 0 radical (unpaired) electrons. The second-order valence-corrected chi connectivity index (χ2v) is 4.62. The van der Waals surface area contributed by atoms with Gasteiger partial charge in [0.15, 0.2) is 11.5 Å². The fourth-order valence-corrected chi connectivity index (χ4v) is 1.97. The van der Waals surface area contributed by atoms with Gasteiger partial charge >= 0.3 is 0 Å². The molecule has 2 aromatic rings. The van der Waals surface area contributed by atoms with Gasteiger partial charge in [0.25, 0.3) is 5.91 Å². The van der Waals surface area contributed by atoms with E-state index < -0.39 is 5.91 Å².